The quantitative estimate of drug-likeness (QED) is 0.441. The Labute approximate surface area is 189 Å². The second kappa shape index (κ2) is 8.16. The third-order valence-corrected chi connectivity index (χ3v) is 6.32. The van der Waals surface area contributed by atoms with E-state index in [0.29, 0.717) is 17.5 Å². The first-order valence-corrected chi connectivity index (χ1v) is 11.2. The number of carbonyl (C=O) groups is 2. The van der Waals surface area contributed by atoms with Gasteiger partial charge in [-0.2, -0.15) is 0 Å². The summed E-state index contributed by atoms with van der Waals surface area (Å²) < 4.78 is 0.971. The maximum atomic E-state index is 13.0. The Morgan fingerprint density at radius 1 is 0.871 bits per heavy atom. The van der Waals surface area contributed by atoms with Crippen LogP contribution < -0.4 is 10.6 Å². The van der Waals surface area contributed by atoms with Crippen LogP contribution in [0.5, 0.6) is 0 Å². The molecule has 2 aliphatic rings. The number of hydrogen-bond donors (Lipinski definition) is 2. The molecule has 3 aromatic carbocycles. The minimum Gasteiger partial charge on any atom is -0.372 e. The number of carbonyl (C=O) groups excluding carboxylic acids is 2. The number of rotatable bonds is 3. The summed E-state index contributed by atoms with van der Waals surface area (Å²) in [5.41, 5.74) is 5.72. The van der Waals surface area contributed by atoms with Crippen molar-refractivity contribution in [1.82, 2.24) is 0 Å². The van der Waals surface area contributed by atoms with Crippen molar-refractivity contribution in [3.05, 3.63) is 105 Å². The Balaban J connectivity index is 1.59. The standard InChI is InChI=1S/C26H21BrN2O2/c27-19-9-4-8-17(14-19)25-24-21(10-5-11-23(24)30)28-22-15-18(12-13-20(22)29-25)26(31)16-6-2-1-3-7-16/h1-4,6-9,12-15,25,28-29H,5,10-11H2/t25-/m1/s1. The van der Waals surface area contributed by atoms with Crippen molar-refractivity contribution in [2.24, 2.45) is 0 Å². The number of hydrogen-bond acceptors (Lipinski definition) is 4. The molecule has 0 spiro atoms. The van der Waals surface area contributed by atoms with E-state index in [1.807, 2.05) is 72.8 Å². The lowest BCUT2D eigenvalue weighted by Gasteiger charge is -2.25. The van der Waals surface area contributed by atoms with Gasteiger partial charge in [-0.1, -0.05) is 58.4 Å². The van der Waals surface area contributed by atoms with E-state index in [1.54, 1.807) is 0 Å². The number of fused-ring (bicyclic) bond motifs is 1. The highest BCUT2D eigenvalue weighted by Gasteiger charge is 2.32. The summed E-state index contributed by atoms with van der Waals surface area (Å²) in [5, 5.41) is 7.05. The van der Waals surface area contributed by atoms with Gasteiger partial charge in [-0.05, 0) is 48.7 Å². The molecular formula is C26H21BrN2O2. The molecule has 0 saturated carbocycles. The van der Waals surface area contributed by atoms with Gasteiger partial charge in [-0.15, -0.1) is 0 Å². The minimum atomic E-state index is -0.246. The molecule has 31 heavy (non-hydrogen) atoms. The van der Waals surface area contributed by atoms with Crippen LogP contribution in [-0.4, -0.2) is 11.6 Å². The highest BCUT2D eigenvalue weighted by Crippen LogP contribution is 2.41. The summed E-state index contributed by atoms with van der Waals surface area (Å²) in [4.78, 5) is 25.9. The zero-order valence-electron chi connectivity index (χ0n) is 16.8. The van der Waals surface area contributed by atoms with E-state index >= 15 is 0 Å². The molecule has 0 saturated heterocycles. The molecule has 4 nitrogen and oxygen atoms in total. The molecule has 1 heterocycles. The molecule has 0 unspecified atom stereocenters. The molecule has 154 valence electrons. The van der Waals surface area contributed by atoms with Crippen LogP contribution in [0.3, 0.4) is 0 Å². The number of halogens is 1. The first-order chi connectivity index (χ1) is 15.1. The second-order valence-corrected chi connectivity index (χ2v) is 8.80. The maximum absolute atomic E-state index is 13.0. The molecule has 0 amide bonds. The van der Waals surface area contributed by atoms with E-state index in [0.717, 1.165) is 45.5 Å². The molecule has 1 aliphatic carbocycles. The Hall–Kier alpha value is -3.18. The number of ketones is 2. The van der Waals surface area contributed by atoms with E-state index in [2.05, 4.69) is 26.6 Å². The van der Waals surface area contributed by atoms with Crippen LogP contribution in [0.15, 0.2) is 88.5 Å². The average molecular weight is 473 g/mol. The number of benzene rings is 3. The van der Waals surface area contributed by atoms with Crippen LogP contribution in [0.2, 0.25) is 0 Å². The zero-order chi connectivity index (χ0) is 21.4. The molecule has 2 N–H and O–H groups in total. The van der Waals surface area contributed by atoms with Gasteiger partial charge in [0.05, 0.1) is 17.4 Å². The van der Waals surface area contributed by atoms with Gasteiger partial charge in [0, 0.05) is 33.3 Å². The largest absolute Gasteiger partial charge is 0.372 e. The maximum Gasteiger partial charge on any atom is 0.193 e. The van der Waals surface area contributed by atoms with Crippen molar-refractivity contribution in [3.8, 4) is 0 Å². The molecule has 1 atom stereocenters. The third kappa shape index (κ3) is 3.81. The predicted octanol–water partition coefficient (Wildman–Crippen LogP) is 6.27. The van der Waals surface area contributed by atoms with Gasteiger partial charge in [0.1, 0.15) is 0 Å². The molecule has 0 aromatic heterocycles. The highest BCUT2D eigenvalue weighted by molar-refractivity contribution is 9.10. The summed E-state index contributed by atoms with van der Waals surface area (Å²) in [6.45, 7) is 0. The van der Waals surface area contributed by atoms with Gasteiger partial charge in [0.2, 0.25) is 0 Å². The van der Waals surface area contributed by atoms with E-state index in [4.69, 9.17) is 0 Å². The van der Waals surface area contributed by atoms with Crippen LogP contribution in [0.4, 0.5) is 11.4 Å². The Bertz CT molecular complexity index is 1220. The topological polar surface area (TPSA) is 58.2 Å². The number of anilines is 2. The molecule has 5 heteroatoms. The van der Waals surface area contributed by atoms with Crippen LogP contribution in [-0.2, 0) is 4.79 Å². The Kier molecular flexibility index (Phi) is 5.20. The zero-order valence-corrected chi connectivity index (χ0v) is 18.4. The monoisotopic (exact) mass is 472 g/mol. The lowest BCUT2D eigenvalue weighted by Crippen LogP contribution is -2.23. The molecule has 0 radical (unpaired) electrons. The lowest BCUT2D eigenvalue weighted by atomic mass is 9.87. The van der Waals surface area contributed by atoms with Crippen LogP contribution >= 0.6 is 15.9 Å². The molecule has 1 aliphatic heterocycles. The number of nitrogens with one attached hydrogen (secondary N) is 2. The average Bonchev–Trinajstić information content (AvgIpc) is 2.96. The summed E-state index contributed by atoms with van der Waals surface area (Å²) in [7, 11) is 0. The summed E-state index contributed by atoms with van der Waals surface area (Å²) >= 11 is 3.55. The Morgan fingerprint density at radius 3 is 2.52 bits per heavy atom. The lowest BCUT2D eigenvalue weighted by molar-refractivity contribution is -0.116. The normalized spacial score (nSPS) is 17.7. The number of allylic oxidation sites excluding steroid dienone is 1. The summed E-state index contributed by atoms with van der Waals surface area (Å²) in [5.74, 6) is 0.145. The van der Waals surface area contributed by atoms with Crippen molar-refractivity contribution in [3.63, 3.8) is 0 Å². The highest BCUT2D eigenvalue weighted by atomic mass is 79.9. The van der Waals surface area contributed by atoms with Gasteiger partial charge >= 0.3 is 0 Å². The van der Waals surface area contributed by atoms with Crippen LogP contribution in [0, 0.1) is 0 Å². The van der Waals surface area contributed by atoms with Crippen molar-refractivity contribution >= 4 is 38.9 Å². The number of Topliss-reactive ketones (excluding diaryl/α,β-unsaturated/α-hetero) is 1. The van der Waals surface area contributed by atoms with Crippen molar-refractivity contribution in [2.45, 2.75) is 25.3 Å². The van der Waals surface area contributed by atoms with Crippen LogP contribution in [0.1, 0.15) is 46.8 Å². The first kappa shape index (κ1) is 19.8. The van der Waals surface area contributed by atoms with E-state index in [9.17, 15) is 9.59 Å². The van der Waals surface area contributed by atoms with Gasteiger partial charge in [0.15, 0.2) is 11.6 Å². The molecule has 0 fully saturated rings. The fourth-order valence-corrected chi connectivity index (χ4v) is 4.74. The predicted molar refractivity (Wildman–Crippen MR) is 126 cm³/mol. The summed E-state index contributed by atoms with van der Waals surface area (Å²) in [6.07, 6.45) is 2.19. The van der Waals surface area contributed by atoms with Gasteiger partial charge in [0.25, 0.3) is 0 Å². The van der Waals surface area contributed by atoms with Crippen molar-refractivity contribution in [2.75, 3.05) is 10.6 Å². The van der Waals surface area contributed by atoms with Gasteiger partial charge in [-0.3, -0.25) is 9.59 Å². The smallest absolute Gasteiger partial charge is 0.193 e. The second-order valence-electron chi connectivity index (χ2n) is 7.88. The SMILES string of the molecule is O=C1CCCC2=C1[C@@H](c1cccc(Br)c1)Nc1ccc(C(=O)c3ccccc3)cc1N2. The first-order valence-electron chi connectivity index (χ1n) is 10.4. The van der Waals surface area contributed by atoms with Gasteiger partial charge < -0.3 is 10.6 Å². The fraction of sp³-hybridized carbons (Fsp3) is 0.154. The molecule has 5 rings (SSSR count). The summed E-state index contributed by atoms with van der Waals surface area (Å²) in [6, 6.07) is 22.7. The fourth-order valence-electron chi connectivity index (χ4n) is 4.33. The van der Waals surface area contributed by atoms with Crippen molar-refractivity contribution < 1.29 is 9.59 Å². The van der Waals surface area contributed by atoms with Crippen LogP contribution in [0.25, 0.3) is 0 Å². The third-order valence-electron chi connectivity index (χ3n) is 5.83. The Morgan fingerprint density at radius 2 is 1.71 bits per heavy atom. The minimum absolute atomic E-state index is 0.0214. The van der Waals surface area contributed by atoms with E-state index in [-0.39, 0.29) is 17.6 Å². The molecule has 0 bridgehead atoms. The molecular weight excluding hydrogens is 452 g/mol. The van der Waals surface area contributed by atoms with Crippen molar-refractivity contribution in [1.29, 1.82) is 0 Å². The molecule has 3 aromatic rings. The van der Waals surface area contributed by atoms with Gasteiger partial charge in [-0.25, -0.2) is 0 Å². The van der Waals surface area contributed by atoms with E-state index in [1.165, 1.54) is 0 Å². The van der Waals surface area contributed by atoms with E-state index < -0.39 is 0 Å².